The van der Waals surface area contributed by atoms with Crippen LogP contribution in [0.5, 0.6) is 0 Å². The van der Waals surface area contributed by atoms with Gasteiger partial charge < -0.3 is 10.3 Å². The van der Waals surface area contributed by atoms with Gasteiger partial charge in [0.2, 0.25) is 0 Å². The van der Waals surface area contributed by atoms with Crippen LogP contribution in [-0.2, 0) is 6.42 Å². The molecule has 4 heteroatoms. The van der Waals surface area contributed by atoms with Gasteiger partial charge in [0.25, 0.3) is 0 Å². The molecule has 1 saturated heterocycles. The van der Waals surface area contributed by atoms with Crippen molar-refractivity contribution in [3.05, 3.63) is 28.8 Å². The lowest BCUT2D eigenvalue weighted by molar-refractivity contribution is 0.578. The predicted molar refractivity (Wildman–Crippen MR) is 66.6 cm³/mol. The number of H-pyrrole nitrogens is 1. The minimum absolute atomic E-state index is 0.783. The van der Waals surface area contributed by atoms with Gasteiger partial charge in [-0.1, -0.05) is 0 Å². The van der Waals surface area contributed by atoms with E-state index in [0.29, 0.717) is 0 Å². The van der Waals surface area contributed by atoms with Gasteiger partial charge >= 0.3 is 0 Å². The fourth-order valence-electron chi connectivity index (χ4n) is 2.16. The molecule has 1 atom stereocenters. The Bertz CT molecular complexity index is 441. The lowest BCUT2D eigenvalue weighted by atomic mass is 10.1. The van der Waals surface area contributed by atoms with Crippen molar-refractivity contribution in [2.75, 3.05) is 13.1 Å². The first-order valence-corrected chi connectivity index (χ1v) is 6.58. The van der Waals surface area contributed by atoms with Gasteiger partial charge in [-0.05, 0) is 31.5 Å². The summed E-state index contributed by atoms with van der Waals surface area (Å²) in [5.74, 6) is 0.783. The van der Waals surface area contributed by atoms with E-state index in [2.05, 4.69) is 26.7 Å². The molecule has 84 valence electrons. The van der Waals surface area contributed by atoms with Crippen molar-refractivity contribution >= 4 is 11.3 Å². The van der Waals surface area contributed by atoms with Gasteiger partial charge in [0, 0.05) is 29.8 Å². The van der Waals surface area contributed by atoms with Crippen molar-refractivity contribution in [2.45, 2.75) is 12.8 Å². The molecule has 2 aromatic rings. The van der Waals surface area contributed by atoms with Crippen molar-refractivity contribution < 1.29 is 0 Å². The summed E-state index contributed by atoms with van der Waals surface area (Å²) in [7, 11) is 0. The first kappa shape index (κ1) is 10.1. The van der Waals surface area contributed by atoms with Crippen molar-refractivity contribution in [1.82, 2.24) is 15.3 Å². The summed E-state index contributed by atoms with van der Waals surface area (Å²) in [6.45, 7) is 2.32. The Labute approximate surface area is 98.9 Å². The van der Waals surface area contributed by atoms with Crippen LogP contribution in [-0.4, -0.2) is 23.1 Å². The highest BCUT2D eigenvalue weighted by molar-refractivity contribution is 7.09. The molecule has 2 N–H and O–H groups in total. The summed E-state index contributed by atoms with van der Waals surface area (Å²) < 4.78 is 0. The largest absolute Gasteiger partial charge is 0.367 e. The van der Waals surface area contributed by atoms with E-state index in [4.69, 9.17) is 0 Å². The number of nitrogens with zero attached hydrogens (tertiary/aromatic N) is 1. The van der Waals surface area contributed by atoms with Crippen LogP contribution in [0.15, 0.2) is 23.8 Å². The third-order valence-electron chi connectivity index (χ3n) is 3.07. The van der Waals surface area contributed by atoms with Gasteiger partial charge in [0.15, 0.2) is 0 Å². The number of hydrogen-bond acceptors (Lipinski definition) is 3. The number of hydrogen-bond donors (Lipinski definition) is 2. The second kappa shape index (κ2) is 4.39. The van der Waals surface area contributed by atoms with Crippen molar-refractivity contribution in [3.63, 3.8) is 0 Å². The van der Waals surface area contributed by atoms with Crippen LogP contribution in [0.2, 0.25) is 0 Å². The molecule has 3 rings (SSSR count). The zero-order valence-electron chi connectivity index (χ0n) is 9.07. The van der Waals surface area contributed by atoms with Crippen LogP contribution in [0, 0.1) is 5.92 Å². The van der Waals surface area contributed by atoms with E-state index in [1.165, 1.54) is 23.5 Å². The summed E-state index contributed by atoms with van der Waals surface area (Å²) in [6.07, 6.45) is 6.35. The lowest BCUT2D eigenvalue weighted by Gasteiger charge is -2.03. The third-order valence-corrected chi connectivity index (χ3v) is 3.94. The average molecular weight is 233 g/mol. The molecule has 1 unspecified atom stereocenters. The van der Waals surface area contributed by atoms with E-state index >= 15 is 0 Å². The maximum absolute atomic E-state index is 4.69. The number of aromatic nitrogens is 2. The van der Waals surface area contributed by atoms with E-state index in [0.717, 1.165) is 24.6 Å². The van der Waals surface area contributed by atoms with Gasteiger partial charge in [-0.2, -0.15) is 0 Å². The second-order valence-corrected chi connectivity index (χ2v) is 5.23. The quantitative estimate of drug-likeness (QED) is 0.854. The van der Waals surface area contributed by atoms with E-state index in [-0.39, 0.29) is 0 Å². The summed E-state index contributed by atoms with van der Waals surface area (Å²) in [4.78, 5) is 7.75. The highest BCUT2D eigenvalue weighted by atomic mass is 32.1. The first-order chi connectivity index (χ1) is 7.92. The first-order valence-electron chi connectivity index (χ1n) is 5.70. The molecule has 0 radical (unpaired) electrons. The van der Waals surface area contributed by atoms with Crippen LogP contribution in [0.4, 0.5) is 0 Å². The van der Waals surface area contributed by atoms with E-state index in [1.54, 1.807) is 11.3 Å². The zero-order valence-corrected chi connectivity index (χ0v) is 9.89. The highest BCUT2D eigenvalue weighted by Crippen LogP contribution is 2.24. The van der Waals surface area contributed by atoms with Gasteiger partial charge in [0.05, 0.1) is 10.7 Å². The summed E-state index contributed by atoms with van der Waals surface area (Å²) >= 11 is 1.78. The number of nitrogens with one attached hydrogen (secondary N) is 2. The molecule has 16 heavy (non-hydrogen) atoms. The van der Waals surface area contributed by atoms with Crippen LogP contribution < -0.4 is 5.32 Å². The monoisotopic (exact) mass is 233 g/mol. The second-order valence-electron chi connectivity index (χ2n) is 4.29. The minimum atomic E-state index is 0.783. The molecule has 0 spiro atoms. The minimum Gasteiger partial charge on any atom is -0.367 e. The topological polar surface area (TPSA) is 40.7 Å². The standard InChI is InChI=1S/C12H15N3S/c1-3-13-6-9(1)5-12-15-11(8-16-12)10-2-4-14-7-10/h2,4,7-9,13-14H,1,3,5-6H2. The maximum Gasteiger partial charge on any atom is 0.0935 e. The molecule has 3 nitrogen and oxygen atoms in total. The molecule has 2 aromatic heterocycles. The van der Waals surface area contributed by atoms with Crippen LogP contribution in [0.3, 0.4) is 0 Å². The highest BCUT2D eigenvalue weighted by Gasteiger charge is 2.16. The molecule has 1 aliphatic rings. The molecule has 0 amide bonds. The van der Waals surface area contributed by atoms with Crippen molar-refractivity contribution in [3.8, 4) is 11.3 Å². The third kappa shape index (κ3) is 2.03. The summed E-state index contributed by atoms with van der Waals surface area (Å²) in [5, 5.41) is 6.82. The van der Waals surface area contributed by atoms with Crippen molar-refractivity contribution in [2.24, 2.45) is 5.92 Å². The summed E-state index contributed by atoms with van der Waals surface area (Å²) in [5.41, 5.74) is 2.29. The Morgan fingerprint density at radius 3 is 3.25 bits per heavy atom. The molecule has 0 saturated carbocycles. The van der Waals surface area contributed by atoms with Gasteiger partial charge in [0.1, 0.15) is 0 Å². The maximum atomic E-state index is 4.69. The zero-order chi connectivity index (χ0) is 10.8. The smallest absolute Gasteiger partial charge is 0.0935 e. The molecular weight excluding hydrogens is 218 g/mol. The Morgan fingerprint density at radius 1 is 1.50 bits per heavy atom. The Morgan fingerprint density at radius 2 is 2.50 bits per heavy atom. The molecule has 1 fully saturated rings. The normalized spacial score (nSPS) is 20.4. The molecule has 0 aliphatic carbocycles. The van der Waals surface area contributed by atoms with Crippen molar-refractivity contribution in [1.29, 1.82) is 0 Å². The Kier molecular flexibility index (Phi) is 2.76. The summed E-state index contributed by atoms with van der Waals surface area (Å²) in [6, 6.07) is 2.07. The Balaban J connectivity index is 1.72. The molecule has 0 bridgehead atoms. The lowest BCUT2D eigenvalue weighted by Crippen LogP contribution is -2.10. The molecule has 0 aromatic carbocycles. The van der Waals surface area contributed by atoms with Crippen LogP contribution >= 0.6 is 11.3 Å². The van der Waals surface area contributed by atoms with Gasteiger partial charge in [-0.25, -0.2) is 4.98 Å². The fraction of sp³-hybridized carbons (Fsp3) is 0.417. The van der Waals surface area contributed by atoms with Gasteiger partial charge in [-0.15, -0.1) is 11.3 Å². The van der Waals surface area contributed by atoms with Crippen LogP contribution in [0.25, 0.3) is 11.3 Å². The molecule has 1 aliphatic heterocycles. The average Bonchev–Trinajstić information content (AvgIpc) is 2.99. The van der Waals surface area contributed by atoms with E-state index in [1.807, 2.05) is 12.4 Å². The number of rotatable bonds is 3. The molecule has 3 heterocycles. The number of aromatic amines is 1. The predicted octanol–water partition coefficient (Wildman–Crippen LogP) is 2.29. The molecular formula is C12H15N3S. The van der Waals surface area contributed by atoms with Crippen LogP contribution in [0.1, 0.15) is 11.4 Å². The van der Waals surface area contributed by atoms with E-state index in [9.17, 15) is 0 Å². The number of thiazole rings is 1. The van der Waals surface area contributed by atoms with E-state index < -0.39 is 0 Å². The van der Waals surface area contributed by atoms with Gasteiger partial charge in [-0.3, -0.25) is 0 Å². The Hall–Kier alpha value is -1.13. The SMILES string of the molecule is c1cc(-c2csc(CC3CCNC3)n2)c[nH]1. The fourth-order valence-corrected chi connectivity index (χ4v) is 3.08.